The number of hydrogen-bond donors (Lipinski definition) is 0. The molecule has 0 unspecified atom stereocenters. The molecule has 0 aliphatic heterocycles. The molecule has 0 saturated carbocycles. The van der Waals surface area contributed by atoms with Gasteiger partial charge in [0.2, 0.25) is 0 Å². The van der Waals surface area contributed by atoms with Gasteiger partial charge in [-0.15, -0.1) is 0 Å². The van der Waals surface area contributed by atoms with Crippen LogP contribution in [0.3, 0.4) is 0 Å². The third kappa shape index (κ3) is 5.72. The van der Waals surface area contributed by atoms with E-state index in [4.69, 9.17) is 0 Å². The van der Waals surface area contributed by atoms with Crippen LogP contribution in [0.25, 0.3) is 0 Å². The molecule has 4 aliphatic rings. The molecule has 0 aromatic rings. The molecular formula is C30H35. The fourth-order valence-corrected chi connectivity index (χ4v) is 3.96. The van der Waals surface area contributed by atoms with Crippen LogP contribution in [0.1, 0.15) is 60.8 Å². The molecule has 0 fully saturated rings. The van der Waals surface area contributed by atoms with Crippen molar-refractivity contribution < 1.29 is 0 Å². The molecule has 4 aliphatic carbocycles. The van der Waals surface area contributed by atoms with E-state index in [0.29, 0.717) is 0 Å². The lowest BCUT2D eigenvalue weighted by Gasteiger charge is -2.17. The molecule has 0 spiro atoms. The quantitative estimate of drug-likeness (QED) is 0.384. The highest BCUT2D eigenvalue weighted by atomic mass is 14.2. The van der Waals surface area contributed by atoms with Crippen LogP contribution < -0.4 is 0 Å². The van der Waals surface area contributed by atoms with Gasteiger partial charge in [0, 0.05) is 6.42 Å². The second-order valence-corrected chi connectivity index (χ2v) is 8.84. The summed E-state index contributed by atoms with van der Waals surface area (Å²) in [5.41, 5.74) is 14.2. The van der Waals surface area contributed by atoms with Crippen LogP contribution in [0.15, 0.2) is 116 Å². The minimum atomic E-state index is 1.06. The van der Waals surface area contributed by atoms with Gasteiger partial charge in [-0.1, -0.05) is 88.6 Å². The summed E-state index contributed by atoms with van der Waals surface area (Å²) in [5.74, 6) is 0. The van der Waals surface area contributed by atoms with Crippen LogP contribution in [0.4, 0.5) is 0 Å². The van der Waals surface area contributed by atoms with Crippen molar-refractivity contribution in [1.29, 1.82) is 0 Å². The maximum Gasteiger partial charge on any atom is 0.0133 e. The summed E-state index contributed by atoms with van der Waals surface area (Å²) in [5, 5.41) is 0. The summed E-state index contributed by atoms with van der Waals surface area (Å²) in [6.07, 6.45) is 28.0. The molecule has 0 bridgehead atoms. The smallest absolute Gasteiger partial charge is 0.0133 e. The summed E-state index contributed by atoms with van der Waals surface area (Å²) in [6.45, 7) is 13.1. The van der Waals surface area contributed by atoms with Gasteiger partial charge in [-0.05, 0) is 88.7 Å². The Kier molecular flexibility index (Phi) is 7.32. The Balaban J connectivity index is 0.000000171. The van der Waals surface area contributed by atoms with E-state index in [9.17, 15) is 0 Å². The third-order valence-electron chi connectivity index (χ3n) is 6.19. The molecular weight excluding hydrogens is 360 g/mol. The molecule has 0 aromatic heterocycles. The molecule has 0 N–H and O–H groups in total. The van der Waals surface area contributed by atoms with Gasteiger partial charge in [0.05, 0.1) is 0 Å². The monoisotopic (exact) mass is 395 g/mol. The molecule has 0 saturated heterocycles. The Morgan fingerprint density at radius 2 is 1.20 bits per heavy atom. The average Bonchev–Trinajstić information content (AvgIpc) is 2.72. The Morgan fingerprint density at radius 3 is 1.73 bits per heavy atom. The third-order valence-corrected chi connectivity index (χ3v) is 6.19. The van der Waals surface area contributed by atoms with Crippen molar-refractivity contribution >= 4 is 0 Å². The first-order chi connectivity index (χ1) is 14.3. The van der Waals surface area contributed by atoms with E-state index in [0.717, 1.165) is 19.3 Å². The van der Waals surface area contributed by atoms with Gasteiger partial charge in [0.1, 0.15) is 0 Å². The van der Waals surface area contributed by atoms with Crippen LogP contribution in [-0.4, -0.2) is 0 Å². The summed E-state index contributed by atoms with van der Waals surface area (Å²) in [6, 6.07) is 0. The fourth-order valence-electron chi connectivity index (χ4n) is 3.96. The normalized spacial score (nSPS) is 25.9. The SMILES string of the molecule is CC1=CC/C(=C2/C=CC(C)=C(C)C2)C=C1.CC1=C[CH]/C(=C2\C=CC(C)=CC2)C(C)=C1. The van der Waals surface area contributed by atoms with E-state index in [1.165, 1.54) is 55.7 Å². The van der Waals surface area contributed by atoms with Crippen molar-refractivity contribution in [3.8, 4) is 0 Å². The minimum Gasteiger partial charge on any atom is -0.0772 e. The van der Waals surface area contributed by atoms with Gasteiger partial charge >= 0.3 is 0 Å². The Hall–Kier alpha value is -2.60. The predicted molar refractivity (Wildman–Crippen MR) is 133 cm³/mol. The van der Waals surface area contributed by atoms with Crippen molar-refractivity contribution in [2.24, 2.45) is 0 Å². The van der Waals surface area contributed by atoms with Gasteiger partial charge in [-0.2, -0.15) is 0 Å². The van der Waals surface area contributed by atoms with Crippen molar-refractivity contribution in [3.05, 3.63) is 123 Å². The van der Waals surface area contributed by atoms with E-state index in [1.807, 2.05) is 0 Å². The first kappa shape index (κ1) is 22.1. The Bertz CT molecular complexity index is 1010. The lowest BCUT2D eigenvalue weighted by molar-refractivity contribution is 1.05. The maximum atomic E-state index is 2.30. The first-order valence-electron chi connectivity index (χ1n) is 11.0. The number of allylic oxidation sites excluding steroid dienone is 20. The molecule has 0 atom stereocenters. The van der Waals surface area contributed by atoms with E-state index in [1.54, 1.807) is 0 Å². The summed E-state index contributed by atoms with van der Waals surface area (Å²) < 4.78 is 0. The molecule has 0 heterocycles. The molecule has 30 heavy (non-hydrogen) atoms. The number of hydrogen-bond acceptors (Lipinski definition) is 0. The molecule has 0 nitrogen and oxygen atoms in total. The average molecular weight is 396 g/mol. The molecule has 0 aromatic carbocycles. The Morgan fingerprint density at radius 1 is 0.600 bits per heavy atom. The van der Waals surface area contributed by atoms with Gasteiger partial charge in [0.15, 0.2) is 0 Å². The highest BCUT2D eigenvalue weighted by Crippen LogP contribution is 2.30. The lowest BCUT2D eigenvalue weighted by atomic mass is 9.88. The topological polar surface area (TPSA) is 0 Å². The summed E-state index contributed by atoms with van der Waals surface area (Å²) in [7, 11) is 0. The highest BCUT2D eigenvalue weighted by molar-refractivity contribution is 5.55. The number of rotatable bonds is 0. The standard InChI is InChI=1S/C15H18.C15H17/c1-11-4-7-14(8-5-11)15-9-6-12(2)13(3)10-15;1-11-4-7-14(8-5-11)15-9-6-12(2)10-13(15)3/h4-7,9H,8,10H2,1-3H3;4-7,9-10H,8H2,1-3H3/b2*15-14-. The molecule has 4 rings (SSSR count). The van der Waals surface area contributed by atoms with Gasteiger partial charge in [0.25, 0.3) is 0 Å². The van der Waals surface area contributed by atoms with Crippen LogP contribution >= 0.6 is 0 Å². The maximum absolute atomic E-state index is 2.30. The highest BCUT2D eigenvalue weighted by Gasteiger charge is 2.11. The second kappa shape index (κ2) is 9.94. The molecule has 1 radical (unpaired) electrons. The van der Waals surface area contributed by atoms with Crippen molar-refractivity contribution in [1.82, 2.24) is 0 Å². The molecule has 155 valence electrons. The lowest BCUT2D eigenvalue weighted by Crippen LogP contribution is -1.98. The Labute approximate surface area is 183 Å². The fraction of sp³-hybridized carbons (Fsp3) is 0.300. The largest absolute Gasteiger partial charge is 0.0772 e. The van der Waals surface area contributed by atoms with Crippen molar-refractivity contribution in [2.75, 3.05) is 0 Å². The first-order valence-corrected chi connectivity index (χ1v) is 11.0. The van der Waals surface area contributed by atoms with Crippen LogP contribution in [0, 0.1) is 6.42 Å². The predicted octanol–water partition coefficient (Wildman–Crippen LogP) is 8.79. The van der Waals surface area contributed by atoms with E-state index >= 15 is 0 Å². The van der Waals surface area contributed by atoms with E-state index in [-0.39, 0.29) is 0 Å². The summed E-state index contributed by atoms with van der Waals surface area (Å²) >= 11 is 0. The second-order valence-electron chi connectivity index (χ2n) is 8.84. The van der Waals surface area contributed by atoms with Gasteiger partial charge in [-0.25, -0.2) is 0 Å². The van der Waals surface area contributed by atoms with Gasteiger partial charge in [-0.3, -0.25) is 0 Å². The van der Waals surface area contributed by atoms with Gasteiger partial charge < -0.3 is 0 Å². The zero-order valence-electron chi connectivity index (χ0n) is 19.5. The molecule has 0 heteroatoms. The molecule has 0 amide bonds. The van der Waals surface area contributed by atoms with Crippen LogP contribution in [0.2, 0.25) is 0 Å². The van der Waals surface area contributed by atoms with Crippen LogP contribution in [0.5, 0.6) is 0 Å². The van der Waals surface area contributed by atoms with E-state index < -0.39 is 0 Å². The van der Waals surface area contributed by atoms with Crippen molar-refractivity contribution in [2.45, 2.75) is 60.8 Å². The van der Waals surface area contributed by atoms with Crippen molar-refractivity contribution in [3.63, 3.8) is 0 Å². The van der Waals surface area contributed by atoms with Crippen LogP contribution in [-0.2, 0) is 0 Å². The summed E-state index contributed by atoms with van der Waals surface area (Å²) in [4.78, 5) is 0. The zero-order valence-corrected chi connectivity index (χ0v) is 19.5. The minimum absolute atomic E-state index is 1.06. The van der Waals surface area contributed by atoms with E-state index in [2.05, 4.69) is 109 Å². The zero-order chi connectivity index (χ0) is 21.7.